The summed E-state index contributed by atoms with van der Waals surface area (Å²) in [4.78, 5) is 25.3. The molecule has 2 amide bonds. The Balaban J connectivity index is 1.71. The molecule has 0 unspecified atom stereocenters. The molecule has 0 heterocycles. The maximum Gasteiger partial charge on any atom is 0.238 e. The van der Waals surface area contributed by atoms with Gasteiger partial charge in [-0.15, -0.1) is 0 Å². The Kier molecular flexibility index (Phi) is 8.42. The number of nitrogens with one attached hydrogen (secondary N) is 2. The average Bonchev–Trinajstić information content (AvgIpc) is 2.66. The van der Waals surface area contributed by atoms with Crippen LogP contribution in [0.5, 0.6) is 5.75 Å². The van der Waals surface area contributed by atoms with E-state index in [2.05, 4.69) is 10.6 Å². The Morgan fingerprint density at radius 3 is 2.18 bits per heavy atom. The highest BCUT2D eigenvalue weighted by molar-refractivity contribution is 5.93. The second kappa shape index (κ2) is 11.0. The monoisotopic (exact) mass is 387 g/mol. The van der Waals surface area contributed by atoms with Gasteiger partial charge >= 0.3 is 0 Å². The summed E-state index contributed by atoms with van der Waals surface area (Å²) in [6.45, 7) is 5.67. The topological polar surface area (TPSA) is 70.7 Å². The van der Waals surface area contributed by atoms with Crippen molar-refractivity contribution in [3.63, 3.8) is 0 Å². The fourth-order valence-corrected chi connectivity index (χ4v) is 2.60. The molecule has 2 aromatic rings. The molecule has 0 aliphatic carbocycles. The first kappa shape index (κ1) is 21.4. The van der Waals surface area contributed by atoms with E-state index in [4.69, 9.17) is 4.74 Å². The van der Waals surface area contributed by atoms with Gasteiger partial charge in [-0.05, 0) is 61.5 Å². The number of ether oxygens (including phenoxy) is 1. The zero-order chi connectivity index (χ0) is 20.4. The number of hydrogen-bond donors (Lipinski definition) is 2. The van der Waals surface area contributed by atoms with Crippen molar-refractivity contribution in [3.8, 4) is 5.75 Å². The molecule has 28 heavy (non-hydrogen) atoms. The summed E-state index contributed by atoms with van der Waals surface area (Å²) in [6.07, 6.45) is 0.754. The lowest BCUT2D eigenvalue weighted by Gasteiger charge is -2.20. The van der Waals surface area contributed by atoms with Crippen molar-refractivity contribution in [2.24, 2.45) is 0 Å². The highest BCUT2D eigenvalue weighted by Crippen LogP contribution is 2.14. The van der Waals surface area contributed by atoms with Crippen LogP contribution >= 0.6 is 0 Å². The molecule has 0 bridgehead atoms. The molecule has 2 aromatic carbocycles. The lowest BCUT2D eigenvalue weighted by molar-refractivity contribution is -0.117. The molecule has 150 valence electrons. The van der Waals surface area contributed by atoms with Gasteiger partial charge in [0, 0.05) is 24.8 Å². The van der Waals surface area contributed by atoms with Gasteiger partial charge in [0.05, 0.1) is 13.2 Å². The Labute approximate surface area is 164 Å². The van der Waals surface area contributed by atoms with Gasteiger partial charge < -0.3 is 15.4 Å². The van der Waals surface area contributed by atoms with Crippen molar-refractivity contribution in [1.29, 1.82) is 0 Å². The third-order valence-corrected chi connectivity index (χ3v) is 4.00. The number of nitrogens with zero attached hydrogens (tertiary/aromatic N) is 1. The molecule has 7 heteroatoms. The smallest absolute Gasteiger partial charge is 0.238 e. The number of likely N-dealkylation sites (N-methyl/N-ethyl adjacent to an activating group) is 1. The van der Waals surface area contributed by atoms with Crippen molar-refractivity contribution < 1.29 is 18.7 Å². The molecule has 0 aromatic heterocycles. The Morgan fingerprint density at radius 1 is 1.00 bits per heavy atom. The molecule has 0 spiro atoms. The molecule has 0 saturated carbocycles. The Morgan fingerprint density at radius 2 is 1.61 bits per heavy atom. The lowest BCUT2D eigenvalue weighted by atomic mass is 10.2. The predicted octanol–water partition coefficient (Wildman–Crippen LogP) is 3.51. The van der Waals surface area contributed by atoms with Gasteiger partial charge in [0.15, 0.2) is 0 Å². The van der Waals surface area contributed by atoms with E-state index < -0.39 is 0 Å². The molecule has 2 rings (SSSR count). The Hall–Kier alpha value is -2.93. The van der Waals surface area contributed by atoms with Crippen LogP contribution in [0.15, 0.2) is 48.5 Å². The summed E-state index contributed by atoms with van der Waals surface area (Å²) >= 11 is 0. The average molecular weight is 387 g/mol. The lowest BCUT2D eigenvalue weighted by Crippen LogP contribution is -2.34. The summed E-state index contributed by atoms with van der Waals surface area (Å²) in [5.41, 5.74) is 1.36. The molecule has 0 aliphatic heterocycles. The van der Waals surface area contributed by atoms with Gasteiger partial charge in [-0.2, -0.15) is 0 Å². The minimum absolute atomic E-state index is 0.103. The summed E-state index contributed by atoms with van der Waals surface area (Å²) in [5.74, 6) is 0.0949. The van der Waals surface area contributed by atoms with Crippen LogP contribution in [0.1, 0.15) is 20.3 Å². The number of benzene rings is 2. The first-order valence-electron chi connectivity index (χ1n) is 9.24. The van der Waals surface area contributed by atoms with Gasteiger partial charge in [-0.1, -0.05) is 6.92 Å². The van der Waals surface area contributed by atoms with E-state index in [9.17, 15) is 14.0 Å². The van der Waals surface area contributed by atoms with Gasteiger partial charge in [-0.25, -0.2) is 4.39 Å². The molecule has 0 fully saturated rings. The Bertz CT molecular complexity index is 763. The molecule has 0 atom stereocenters. The summed E-state index contributed by atoms with van der Waals surface area (Å²) in [6, 6.07) is 12.9. The third kappa shape index (κ3) is 7.75. The maximum atomic E-state index is 12.9. The van der Waals surface area contributed by atoms with Crippen molar-refractivity contribution in [2.75, 3.05) is 36.9 Å². The fourth-order valence-electron chi connectivity index (χ4n) is 2.60. The molecular formula is C21H26FN3O3. The van der Waals surface area contributed by atoms with Crippen LogP contribution < -0.4 is 15.4 Å². The number of hydrogen-bond acceptors (Lipinski definition) is 4. The summed E-state index contributed by atoms with van der Waals surface area (Å²) in [7, 11) is 0. The minimum atomic E-state index is -0.291. The second-order valence-corrected chi connectivity index (χ2v) is 6.33. The highest BCUT2D eigenvalue weighted by Gasteiger charge is 2.09. The van der Waals surface area contributed by atoms with Gasteiger partial charge in [0.1, 0.15) is 11.6 Å². The maximum absolute atomic E-state index is 12.9. The van der Waals surface area contributed by atoms with Gasteiger partial charge in [0.2, 0.25) is 11.8 Å². The first-order valence-corrected chi connectivity index (χ1v) is 9.24. The quantitative estimate of drug-likeness (QED) is 0.612. The van der Waals surface area contributed by atoms with E-state index in [0.29, 0.717) is 30.3 Å². The summed E-state index contributed by atoms with van der Waals surface area (Å²) in [5, 5.41) is 5.53. The van der Waals surface area contributed by atoms with Crippen molar-refractivity contribution in [1.82, 2.24) is 4.90 Å². The molecule has 2 N–H and O–H groups in total. The first-order chi connectivity index (χ1) is 13.5. The number of carbonyl (C=O) groups is 2. The van der Waals surface area contributed by atoms with E-state index in [0.717, 1.165) is 13.0 Å². The molecule has 0 saturated heterocycles. The highest BCUT2D eigenvalue weighted by atomic mass is 19.1. The van der Waals surface area contributed by atoms with E-state index in [1.807, 2.05) is 11.8 Å². The molecule has 0 aliphatic rings. The van der Waals surface area contributed by atoms with Crippen molar-refractivity contribution >= 4 is 23.2 Å². The third-order valence-electron chi connectivity index (χ3n) is 4.00. The van der Waals surface area contributed by atoms with Gasteiger partial charge in [0.25, 0.3) is 0 Å². The normalized spacial score (nSPS) is 10.6. The predicted molar refractivity (Wildman–Crippen MR) is 108 cm³/mol. The zero-order valence-electron chi connectivity index (χ0n) is 16.2. The van der Waals surface area contributed by atoms with E-state index >= 15 is 0 Å². The van der Waals surface area contributed by atoms with Gasteiger partial charge in [-0.3, -0.25) is 14.5 Å². The van der Waals surface area contributed by atoms with Crippen LogP contribution in [-0.2, 0) is 9.59 Å². The van der Waals surface area contributed by atoms with Crippen molar-refractivity contribution in [2.45, 2.75) is 20.3 Å². The fraction of sp³-hybridized carbons (Fsp3) is 0.333. The number of halogens is 1. The minimum Gasteiger partial charge on any atom is -0.494 e. The largest absolute Gasteiger partial charge is 0.494 e. The number of carbonyl (C=O) groups excluding carboxylic acids is 2. The summed E-state index contributed by atoms with van der Waals surface area (Å²) < 4.78 is 18.4. The van der Waals surface area contributed by atoms with Crippen LogP contribution in [0.25, 0.3) is 0 Å². The van der Waals surface area contributed by atoms with Crippen molar-refractivity contribution in [3.05, 3.63) is 54.3 Å². The second-order valence-electron chi connectivity index (χ2n) is 6.33. The van der Waals surface area contributed by atoms with E-state index in [1.54, 1.807) is 36.4 Å². The number of amides is 2. The molecular weight excluding hydrogens is 361 g/mol. The molecule has 0 radical (unpaired) electrons. The van der Waals surface area contributed by atoms with Crippen LogP contribution in [0, 0.1) is 5.82 Å². The van der Waals surface area contributed by atoms with E-state index in [1.165, 1.54) is 19.1 Å². The van der Waals surface area contributed by atoms with Crippen LogP contribution in [0.2, 0.25) is 0 Å². The van der Waals surface area contributed by atoms with E-state index in [-0.39, 0.29) is 24.2 Å². The number of rotatable bonds is 10. The van der Waals surface area contributed by atoms with Crippen LogP contribution in [0.4, 0.5) is 15.8 Å². The van der Waals surface area contributed by atoms with Crippen LogP contribution in [0.3, 0.4) is 0 Å². The SMILES string of the molecule is CCN(CCCOc1ccc(F)cc1)CC(=O)Nc1ccc(NC(C)=O)cc1. The zero-order valence-corrected chi connectivity index (χ0v) is 16.2. The van der Waals surface area contributed by atoms with Crippen LogP contribution in [-0.4, -0.2) is 43.0 Å². The molecule has 6 nitrogen and oxygen atoms in total. The standard InChI is InChI=1S/C21H26FN3O3/c1-3-25(13-4-14-28-20-11-5-17(22)6-12-20)15-21(27)24-19-9-7-18(8-10-19)23-16(2)26/h5-12H,3-4,13-15H2,1-2H3,(H,23,26)(H,24,27). The number of anilines is 2.